The van der Waals surface area contributed by atoms with Crippen LogP contribution < -0.4 is 5.32 Å². The Morgan fingerprint density at radius 2 is 1.62 bits per heavy atom. The Morgan fingerprint density at radius 1 is 1.05 bits per heavy atom. The number of nitrogens with one attached hydrogen (secondary N) is 1. The summed E-state index contributed by atoms with van der Waals surface area (Å²) >= 11 is 23.7. The maximum Gasteiger partial charge on any atom is 0.152 e. The summed E-state index contributed by atoms with van der Waals surface area (Å²) in [4.78, 5) is 0. The lowest BCUT2D eigenvalue weighted by atomic mass is 10.1. The molecule has 2 aromatic carbocycles. The lowest BCUT2D eigenvalue weighted by molar-refractivity contribution is 0.476. The quantitative estimate of drug-likeness (QED) is 0.490. The maximum absolute atomic E-state index is 13.5. The molecule has 1 atom stereocenters. The zero-order valence-electron chi connectivity index (χ0n) is 10.7. The average molecular weight is 369 g/mol. The molecule has 1 unspecified atom stereocenters. The number of halogens is 5. The van der Waals surface area contributed by atoms with Crippen LogP contribution in [0.4, 0.5) is 10.1 Å². The van der Waals surface area contributed by atoms with Crippen LogP contribution in [0.15, 0.2) is 24.3 Å². The van der Waals surface area contributed by atoms with Crippen molar-refractivity contribution in [2.75, 3.05) is 5.32 Å². The number of phenols is 1. The van der Waals surface area contributed by atoms with Crippen LogP contribution in [0, 0.1) is 5.82 Å². The van der Waals surface area contributed by atoms with Crippen molar-refractivity contribution in [3.05, 3.63) is 55.7 Å². The van der Waals surface area contributed by atoms with Crippen molar-refractivity contribution in [1.29, 1.82) is 0 Å². The molecule has 2 rings (SSSR count). The van der Waals surface area contributed by atoms with Crippen molar-refractivity contribution in [3.63, 3.8) is 0 Å². The summed E-state index contributed by atoms with van der Waals surface area (Å²) in [6.45, 7) is 1.77. The minimum atomic E-state index is -0.550. The molecule has 0 aromatic heterocycles. The van der Waals surface area contributed by atoms with Crippen LogP contribution in [-0.4, -0.2) is 5.11 Å². The molecule has 0 bridgehead atoms. The van der Waals surface area contributed by atoms with Crippen molar-refractivity contribution in [1.82, 2.24) is 0 Å². The number of hydrogen-bond donors (Lipinski definition) is 2. The number of benzene rings is 2. The third-order valence-electron chi connectivity index (χ3n) is 2.91. The lowest BCUT2D eigenvalue weighted by Gasteiger charge is -2.19. The second-order valence-corrected chi connectivity index (χ2v) is 6.01. The van der Waals surface area contributed by atoms with Crippen LogP contribution in [0.1, 0.15) is 18.5 Å². The number of phenolic OH excluding ortho intramolecular Hbond substituents is 1. The van der Waals surface area contributed by atoms with Crippen molar-refractivity contribution in [3.8, 4) is 5.75 Å². The van der Waals surface area contributed by atoms with Gasteiger partial charge in [-0.25, -0.2) is 4.39 Å². The van der Waals surface area contributed by atoms with Crippen molar-refractivity contribution in [2.24, 2.45) is 0 Å². The first-order valence-corrected chi connectivity index (χ1v) is 7.40. The fraction of sp³-hybridized carbons (Fsp3) is 0.143. The fourth-order valence-electron chi connectivity index (χ4n) is 1.91. The van der Waals surface area contributed by atoms with Crippen LogP contribution in [-0.2, 0) is 0 Å². The van der Waals surface area contributed by atoms with Gasteiger partial charge in [0.25, 0.3) is 0 Å². The molecule has 112 valence electrons. The van der Waals surface area contributed by atoms with E-state index in [-0.39, 0.29) is 20.8 Å². The van der Waals surface area contributed by atoms with Gasteiger partial charge in [-0.2, -0.15) is 0 Å². The summed E-state index contributed by atoms with van der Waals surface area (Å²) in [6.07, 6.45) is 0. The predicted octanol–water partition coefficient (Wildman–Crippen LogP) is 6.32. The molecule has 0 radical (unpaired) electrons. The van der Waals surface area contributed by atoms with E-state index in [1.165, 1.54) is 24.3 Å². The van der Waals surface area contributed by atoms with Crippen LogP contribution in [0.3, 0.4) is 0 Å². The monoisotopic (exact) mass is 367 g/mol. The maximum atomic E-state index is 13.5. The number of rotatable bonds is 3. The predicted molar refractivity (Wildman–Crippen MR) is 86.6 cm³/mol. The molecule has 0 saturated heterocycles. The summed E-state index contributed by atoms with van der Waals surface area (Å²) in [5.41, 5.74) is 0.977. The van der Waals surface area contributed by atoms with Gasteiger partial charge in [-0.05, 0) is 31.2 Å². The van der Waals surface area contributed by atoms with Crippen LogP contribution in [0.2, 0.25) is 20.1 Å². The molecule has 0 aliphatic rings. The molecule has 0 aliphatic heterocycles. The summed E-state index contributed by atoms with van der Waals surface area (Å²) < 4.78 is 13.5. The van der Waals surface area contributed by atoms with E-state index in [0.717, 1.165) is 0 Å². The summed E-state index contributed by atoms with van der Waals surface area (Å²) in [6, 6.07) is 5.25. The van der Waals surface area contributed by atoms with Crippen molar-refractivity contribution < 1.29 is 9.50 Å². The summed E-state index contributed by atoms with van der Waals surface area (Å²) in [5, 5.41) is 13.1. The zero-order chi connectivity index (χ0) is 15.7. The topological polar surface area (TPSA) is 32.3 Å². The van der Waals surface area contributed by atoms with Gasteiger partial charge in [0.05, 0.1) is 21.1 Å². The number of aromatic hydroxyl groups is 1. The molecule has 2 N–H and O–H groups in total. The Kier molecular flexibility index (Phi) is 5.10. The molecule has 2 nitrogen and oxygen atoms in total. The van der Waals surface area contributed by atoms with Crippen molar-refractivity contribution >= 4 is 52.1 Å². The van der Waals surface area contributed by atoms with E-state index < -0.39 is 11.9 Å². The molecule has 2 aromatic rings. The molecule has 0 spiro atoms. The second-order valence-electron chi connectivity index (χ2n) is 4.41. The van der Waals surface area contributed by atoms with Gasteiger partial charge >= 0.3 is 0 Å². The minimum Gasteiger partial charge on any atom is -0.505 e. The van der Waals surface area contributed by atoms with Gasteiger partial charge in [-0.1, -0.05) is 46.4 Å². The number of anilines is 1. The van der Waals surface area contributed by atoms with E-state index in [4.69, 9.17) is 46.4 Å². The Hall–Kier alpha value is -0.870. The van der Waals surface area contributed by atoms with Crippen molar-refractivity contribution in [2.45, 2.75) is 13.0 Å². The highest BCUT2D eigenvalue weighted by Crippen LogP contribution is 2.38. The van der Waals surface area contributed by atoms with Gasteiger partial charge in [-0.15, -0.1) is 0 Å². The van der Waals surface area contributed by atoms with Gasteiger partial charge < -0.3 is 10.4 Å². The first kappa shape index (κ1) is 16.5. The Labute approximate surface area is 141 Å². The standard InChI is InChI=1S/C14H10Cl4FNO/c1-6(12-8(15)2-3-11(19)13(12)18)20-7-4-9(16)14(21)10(17)5-7/h2-6,20-21H,1H3. The molecule has 21 heavy (non-hydrogen) atoms. The second kappa shape index (κ2) is 6.49. The number of hydrogen-bond acceptors (Lipinski definition) is 2. The third-order valence-corrected chi connectivity index (χ3v) is 4.20. The summed E-state index contributed by atoms with van der Waals surface area (Å²) in [7, 11) is 0. The molecular weight excluding hydrogens is 359 g/mol. The highest BCUT2D eigenvalue weighted by Gasteiger charge is 2.18. The lowest BCUT2D eigenvalue weighted by Crippen LogP contribution is -2.08. The summed E-state index contributed by atoms with van der Waals surface area (Å²) in [5.74, 6) is -0.746. The zero-order valence-corrected chi connectivity index (χ0v) is 13.7. The van der Waals surface area contributed by atoms with Crippen LogP contribution in [0.5, 0.6) is 5.75 Å². The van der Waals surface area contributed by atoms with E-state index in [0.29, 0.717) is 16.3 Å². The van der Waals surface area contributed by atoms with E-state index >= 15 is 0 Å². The van der Waals surface area contributed by atoms with E-state index in [1.807, 2.05) is 0 Å². The highest BCUT2D eigenvalue weighted by atomic mass is 35.5. The van der Waals surface area contributed by atoms with Crippen LogP contribution >= 0.6 is 46.4 Å². The largest absolute Gasteiger partial charge is 0.505 e. The van der Waals surface area contributed by atoms with Crippen LogP contribution in [0.25, 0.3) is 0 Å². The molecule has 0 amide bonds. The Morgan fingerprint density at radius 3 is 2.19 bits per heavy atom. The molecule has 7 heteroatoms. The van der Waals surface area contributed by atoms with E-state index in [9.17, 15) is 9.50 Å². The minimum absolute atomic E-state index is 0.0431. The van der Waals surface area contributed by atoms with Gasteiger partial charge in [0, 0.05) is 16.3 Å². The Bertz CT molecular complexity index is 670. The first-order valence-electron chi connectivity index (χ1n) is 5.89. The molecule has 0 saturated carbocycles. The van der Waals surface area contributed by atoms with E-state index in [1.54, 1.807) is 6.92 Å². The molecule has 0 fully saturated rings. The van der Waals surface area contributed by atoms with E-state index in [2.05, 4.69) is 5.32 Å². The van der Waals surface area contributed by atoms with Gasteiger partial charge in [-0.3, -0.25) is 0 Å². The van der Waals surface area contributed by atoms with Gasteiger partial charge in [0.1, 0.15) is 5.82 Å². The molecular formula is C14H10Cl4FNO. The SMILES string of the molecule is CC(Nc1cc(Cl)c(O)c(Cl)c1)c1c(Cl)ccc(F)c1Cl. The first-order chi connectivity index (χ1) is 9.81. The smallest absolute Gasteiger partial charge is 0.152 e. The fourth-order valence-corrected chi connectivity index (χ4v) is 3.10. The third kappa shape index (κ3) is 3.49. The normalized spacial score (nSPS) is 12.3. The highest BCUT2D eigenvalue weighted by molar-refractivity contribution is 6.37. The van der Waals surface area contributed by atoms with Gasteiger partial charge in [0.2, 0.25) is 0 Å². The average Bonchev–Trinajstić information content (AvgIpc) is 2.40. The molecule has 0 heterocycles. The Balaban J connectivity index is 2.35. The molecule has 0 aliphatic carbocycles. The van der Waals surface area contributed by atoms with Gasteiger partial charge in [0.15, 0.2) is 5.75 Å².